The lowest BCUT2D eigenvalue weighted by Crippen LogP contribution is -2.27. The van der Waals surface area contributed by atoms with Crippen LogP contribution in [-0.2, 0) is 6.42 Å². The van der Waals surface area contributed by atoms with E-state index in [2.05, 4.69) is 145 Å². The van der Waals surface area contributed by atoms with E-state index in [1.165, 1.54) is 103 Å². The predicted molar refractivity (Wildman–Crippen MR) is 329 cm³/mol. The minimum Gasteiger partial charge on any atom is -0.496 e. The van der Waals surface area contributed by atoms with Crippen LogP contribution in [0.1, 0.15) is 97.5 Å². The normalized spacial score (nSPS) is 13.6. The lowest BCUT2D eigenvalue weighted by Gasteiger charge is -2.39. The minimum atomic E-state index is -1.13. The number of hydrogen-bond donors (Lipinski definition) is 2. The number of hydrogen-bond acceptors (Lipinski definition) is 6. The molecule has 2 fully saturated rings. The second-order valence-corrected chi connectivity index (χ2v) is 24.2. The Kier molecular flexibility index (Phi) is 23.4. The van der Waals surface area contributed by atoms with Gasteiger partial charge in [0, 0.05) is 28.5 Å². The molecule has 6 aromatic carbocycles. The molecule has 0 spiro atoms. The average Bonchev–Trinajstić information content (AvgIpc) is 3.46. The topological polar surface area (TPSA) is 84.7 Å². The van der Waals surface area contributed by atoms with Crippen LogP contribution in [-0.4, -0.2) is 52.7 Å². The molecule has 2 saturated carbocycles. The van der Waals surface area contributed by atoms with Gasteiger partial charge in [-0.25, -0.2) is 0 Å². The third kappa shape index (κ3) is 17.7. The maximum absolute atomic E-state index is 8.28. The summed E-state index contributed by atoms with van der Waals surface area (Å²) >= 11 is 6.01. The number of pyridine rings is 2. The molecule has 77 heavy (non-hydrogen) atoms. The van der Waals surface area contributed by atoms with Crippen LogP contribution in [0.4, 0.5) is 0 Å². The van der Waals surface area contributed by atoms with Gasteiger partial charge in [0.2, 0.25) is 0 Å². The van der Waals surface area contributed by atoms with Gasteiger partial charge in [0.25, 0.3) is 0 Å². The molecule has 2 N–H and O–H groups in total. The van der Waals surface area contributed by atoms with Gasteiger partial charge in [-0.15, -0.1) is 0 Å². The second kappa shape index (κ2) is 30.8. The van der Waals surface area contributed by atoms with Crippen molar-refractivity contribution in [2.75, 3.05) is 14.2 Å². The van der Waals surface area contributed by atoms with Crippen molar-refractivity contribution < 1.29 is 19.5 Å². The average molecular weight is 1070 g/mol. The summed E-state index contributed by atoms with van der Waals surface area (Å²) in [5.74, 6) is 2.86. The molecule has 0 saturated heterocycles. The van der Waals surface area contributed by atoms with Crippen LogP contribution < -0.4 is 14.8 Å². The Morgan fingerprint density at radius 3 is 1.43 bits per heavy atom. The first-order valence-electron chi connectivity index (χ1n) is 27.8. The Bertz CT molecular complexity index is 2950. The largest absolute Gasteiger partial charge is 0.496 e. The van der Waals surface area contributed by atoms with Crippen molar-refractivity contribution in [1.29, 1.82) is 0 Å². The lowest BCUT2D eigenvalue weighted by molar-refractivity contribution is 0.394. The van der Waals surface area contributed by atoms with E-state index in [9.17, 15) is 0 Å². The van der Waals surface area contributed by atoms with Gasteiger partial charge in [0.1, 0.15) is 11.5 Å². The Balaban J connectivity index is 0.000000161. The summed E-state index contributed by atoms with van der Waals surface area (Å²) in [5.41, 5.74) is 14.6. The van der Waals surface area contributed by atoms with Crippen molar-refractivity contribution in [1.82, 2.24) is 9.97 Å². The minimum absolute atomic E-state index is 0.182. The number of methoxy groups -OCH3 is 2. The maximum Gasteiger partial charge on any atom is 0.451 e. The van der Waals surface area contributed by atoms with E-state index in [1.54, 1.807) is 31.8 Å². The molecule has 8 aromatic rings. The zero-order valence-corrected chi connectivity index (χ0v) is 47.9. The van der Waals surface area contributed by atoms with Crippen LogP contribution in [0, 0.1) is 11.8 Å². The molecule has 0 atom stereocenters. The van der Waals surface area contributed by atoms with Gasteiger partial charge < -0.3 is 19.5 Å². The van der Waals surface area contributed by atoms with Crippen molar-refractivity contribution in [2.45, 2.75) is 116 Å². The van der Waals surface area contributed by atoms with Gasteiger partial charge >= 0.3 is 7.12 Å². The summed E-state index contributed by atoms with van der Waals surface area (Å²) in [6, 6.07) is 61.0. The zero-order chi connectivity index (χ0) is 54.4. The molecule has 2 aliphatic carbocycles. The first kappa shape index (κ1) is 58.6. The van der Waals surface area contributed by atoms with Crippen LogP contribution >= 0.6 is 19.5 Å². The van der Waals surface area contributed by atoms with Crippen molar-refractivity contribution in [3.63, 3.8) is 0 Å². The van der Waals surface area contributed by atoms with E-state index in [0.717, 1.165) is 51.8 Å². The molecule has 2 aromatic heterocycles. The highest BCUT2D eigenvalue weighted by Gasteiger charge is 2.34. The molecule has 9 heteroatoms. The Morgan fingerprint density at radius 1 is 0.506 bits per heavy atom. The Morgan fingerprint density at radius 2 is 0.961 bits per heavy atom. The standard InChI is InChI=1S/C26H35O2P.C21H21N.C17H12ClN.C4H11BO2/c1-27-23-17-11-18-24(28-2)26(23)22-16-9-10-19-25(22)29(20-12-5-3-6-13-20)21-14-7-4-8-15-21;1-16(2)13-17-11-12-22-21(14-17)20-10-6-9-19(15-20)18-7-4-3-5-8-18;18-16-9-10-19-17(12-16)15-8-4-7-14(11-15)13-5-2-1-3-6-13;1-4(2)3-5(6)7/h9-11,16-21H,3-8,12-15H2,1-2H3;3-12,14-16H,13H2,1-2H3;1-12H;4,6-7H,3H2,1-2H3. The molecular formula is C68H79BClN2O4P. The van der Waals surface area contributed by atoms with Gasteiger partial charge in [0.05, 0.1) is 31.2 Å². The van der Waals surface area contributed by atoms with Crippen molar-refractivity contribution in [2.24, 2.45) is 11.8 Å². The van der Waals surface area contributed by atoms with Crippen molar-refractivity contribution >= 4 is 31.9 Å². The van der Waals surface area contributed by atoms with Crippen LogP contribution in [0.2, 0.25) is 11.3 Å². The molecule has 6 nitrogen and oxygen atoms in total. The first-order chi connectivity index (χ1) is 37.5. The van der Waals surface area contributed by atoms with Gasteiger partial charge in [0.15, 0.2) is 0 Å². The van der Waals surface area contributed by atoms with Crippen molar-refractivity contribution in [3.05, 3.63) is 199 Å². The molecule has 0 aliphatic heterocycles. The summed E-state index contributed by atoms with van der Waals surface area (Å²) in [6.45, 7) is 8.38. The van der Waals surface area contributed by atoms with Gasteiger partial charge in [-0.1, -0.05) is 213 Å². The fourth-order valence-electron chi connectivity index (χ4n) is 10.6. The summed E-state index contributed by atoms with van der Waals surface area (Å²) in [5, 5.41) is 18.8. The molecule has 10 rings (SSSR count). The smallest absolute Gasteiger partial charge is 0.451 e. The fraction of sp³-hybridized carbons (Fsp3) is 0.324. The van der Waals surface area contributed by atoms with E-state index < -0.39 is 7.12 Å². The maximum atomic E-state index is 8.28. The number of halogens is 1. The van der Waals surface area contributed by atoms with Crippen LogP contribution in [0.3, 0.4) is 0 Å². The lowest BCUT2D eigenvalue weighted by atomic mass is 9.80. The second-order valence-electron chi connectivity index (χ2n) is 21.1. The molecule has 0 unspecified atom stereocenters. The third-order valence-corrected chi connectivity index (χ3v) is 18.0. The van der Waals surface area contributed by atoms with Gasteiger partial charge in [-0.3, -0.25) is 9.97 Å². The molecule has 0 radical (unpaired) electrons. The van der Waals surface area contributed by atoms with Gasteiger partial charge in [-0.05, 0) is 149 Å². The highest BCUT2D eigenvalue weighted by molar-refractivity contribution is 7.67. The van der Waals surface area contributed by atoms with E-state index in [-0.39, 0.29) is 7.92 Å². The zero-order valence-electron chi connectivity index (χ0n) is 46.2. The predicted octanol–water partition coefficient (Wildman–Crippen LogP) is 17.9. The highest BCUT2D eigenvalue weighted by Crippen LogP contribution is 2.57. The molecule has 0 bridgehead atoms. The Labute approximate surface area is 467 Å². The summed E-state index contributed by atoms with van der Waals surface area (Å²) in [6.07, 6.45) is 19.4. The fourth-order valence-corrected chi connectivity index (χ4v) is 14.7. The molecule has 2 aliphatic rings. The van der Waals surface area contributed by atoms with E-state index in [1.807, 2.05) is 68.6 Å². The van der Waals surface area contributed by atoms with E-state index in [0.29, 0.717) is 23.2 Å². The third-order valence-electron chi connectivity index (χ3n) is 14.2. The molecule has 0 amide bonds. The summed E-state index contributed by atoms with van der Waals surface area (Å²) in [7, 11) is 2.23. The number of nitrogens with zero attached hydrogens (tertiary/aromatic N) is 2. The number of benzene rings is 6. The van der Waals surface area contributed by atoms with Crippen molar-refractivity contribution in [3.8, 4) is 67.4 Å². The van der Waals surface area contributed by atoms with E-state index in [4.69, 9.17) is 31.1 Å². The number of ether oxygens (including phenoxy) is 2. The SMILES string of the molecule is CC(C)CB(O)O.CC(C)Cc1ccnc(-c2cccc(-c3ccccc3)c2)c1.COc1cccc(OC)c1-c1ccccc1P(C1CCCCC1)C1CCCCC1.Clc1ccnc(-c2cccc(-c3ccccc3)c2)c1. The van der Waals surface area contributed by atoms with Crippen LogP contribution in [0.25, 0.3) is 55.9 Å². The molecular weight excluding hydrogens is 986 g/mol. The Hall–Kier alpha value is -6.08. The molecule has 2 heterocycles. The monoisotopic (exact) mass is 1060 g/mol. The first-order valence-corrected chi connectivity index (χ1v) is 29.7. The quantitative estimate of drug-likeness (QED) is 0.0834. The van der Waals surface area contributed by atoms with Gasteiger partial charge in [-0.2, -0.15) is 0 Å². The van der Waals surface area contributed by atoms with E-state index >= 15 is 0 Å². The number of aromatic nitrogens is 2. The summed E-state index contributed by atoms with van der Waals surface area (Å²) < 4.78 is 11.6. The van der Waals surface area contributed by atoms with Crippen LogP contribution in [0.5, 0.6) is 11.5 Å². The van der Waals surface area contributed by atoms with Crippen LogP contribution in [0.15, 0.2) is 188 Å². The number of rotatable bonds is 14. The summed E-state index contributed by atoms with van der Waals surface area (Å²) in [4.78, 5) is 8.91. The highest BCUT2D eigenvalue weighted by atomic mass is 35.5. The molecule has 400 valence electrons.